The molecule has 2 rings (SSSR count). The van der Waals surface area contributed by atoms with Crippen molar-refractivity contribution in [1.82, 2.24) is 4.90 Å². The van der Waals surface area contributed by atoms with Crippen LogP contribution in [0.2, 0.25) is 0 Å². The summed E-state index contributed by atoms with van der Waals surface area (Å²) in [4.78, 5) is 2.39. The van der Waals surface area contributed by atoms with Crippen LogP contribution in [0.25, 0.3) is 0 Å². The minimum absolute atomic E-state index is 0.335. The molecule has 1 aromatic carbocycles. The summed E-state index contributed by atoms with van der Waals surface area (Å²) in [5.41, 5.74) is 6.33. The molecule has 21 heavy (non-hydrogen) atoms. The first-order valence-corrected chi connectivity index (χ1v) is 7.52. The van der Waals surface area contributed by atoms with Gasteiger partial charge in [-0.3, -0.25) is 0 Å². The fraction of sp³-hybridized carbons (Fsp3) is 0.300. The monoisotopic (exact) mass is 279 g/mol. The predicted octanol–water partition coefficient (Wildman–Crippen LogP) is 5.03. The lowest BCUT2D eigenvalue weighted by molar-refractivity contribution is 0.260. The van der Waals surface area contributed by atoms with Crippen LogP contribution in [-0.4, -0.2) is 10.9 Å². The molecule has 0 aromatic heterocycles. The quantitative estimate of drug-likeness (QED) is 0.552. The van der Waals surface area contributed by atoms with Gasteiger partial charge < -0.3 is 4.90 Å². The lowest BCUT2D eigenvalue weighted by Gasteiger charge is -2.40. The molecule has 110 valence electrons. The first kappa shape index (κ1) is 15.4. The first-order valence-electron chi connectivity index (χ1n) is 7.52. The Morgan fingerprint density at radius 3 is 2.48 bits per heavy atom. The van der Waals surface area contributed by atoms with Crippen molar-refractivity contribution in [3.8, 4) is 0 Å². The molecule has 1 atom stereocenters. The van der Waals surface area contributed by atoms with Crippen LogP contribution in [0.3, 0.4) is 0 Å². The molecule has 0 saturated heterocycles. The Labute approximate surface area is 129 Å². The van der Waals surface area contributed by atoms with Crippen molar-refractivity contribution in [2.24, 2.45) is 0 Å². The predicted molar refractivity (Wildman–Crippen MR) is 92.0 cm³/mol. The van der Waals surface area contributed by atoms with Crippen molar-refractivity contribution in [2.75, 3.05) is 0 Å². The highest BCUT2D eigenvalue weighted by atomic mass is 15.2. The third-order valence-electron chi connectivity index (χ3n) is 4.16. The van der Waals surface area contributed by atoms with Gasteiger partial charge in [0, 0.05) is 12.2 Å². The van der Waals surface area contributed by atoms with E-state index in [0.717, 1.165) is 18.7 Å². The van der Waals surface area contributed by atoms with E-state index >= 15 is 0 Å². The standard InChI is InChI=1S/C20H25N/c1-6-7-10-16(4)17(5)21-14-19-12-9-8-11-18(19)13-20(21)15(2)3/h6-12,20H,2,5,13-14H2,1,3-4H3/b7-6-,16-10+. The van der Waals surface area contributed by atoms with Crippen LogP contribution in [0.4, 0.5) is 0 Å². The van der Waals surface area contributed by atoms with Crippen molar-refractivity contribution in [1.29, 1.82) is 0 Å². The highest BCUT2D eigenvalue weighted by Gasteiger charge is 2.27. The molecule has 0 bridgehead atoms. The number of fused-ring (bicyclic) bond motifs is 1. The highest BCUT2D eigenvalue weighted by molar-refractivity contribution is 5.37. The van der Waals surface area contributed by atoms with Gasteiger partial charge in [-0.15, -0.1) is 0 Å². The molecule has 0 radical (unpaired) electrons. The Morgan fingerprint density at radius 1 is 1.19 bits per heavy atom. The molecule has 1 aliphatic rings. The van der Waals surface area contributed by atoms with Crippen LogP contribution in [0.15, 0.2) is 72.5 Å². The second kappa shape index (κ2) is 6.62. The number of allylic oxidation sites excluding steroid dienone is 4. The van der Waals surface area contributed by atoms with Crippen LogP contribution >= 0.6 is 0 Å². The van der Waals surface area contributed by atoms with Crippen LogP contribution in [0.5, 0.6) is 0 Å². The van der Waals surface area contributed by atoms with Crippen molar-refractivity contribution < 1.29 is 0 Å². The van der Waals surface area contributed by atoms with Crippen LogP contribution in [0, 0.1) is 0 Å². The van der Waals surface area contributed by atoms with E-state index in [1.165, 1.54) is 22.3 Å². The maximum absolute atomic E-state index is 4.32. The number of rotatable bonds is 4. The number of benzene rings is 1. The largest absolute Gasteiger partial charge is 0.360 e. The van der Waals surface area contributed by atoms with Gasteiger partial charge in [-0.2, -0.15) is 0 Å². The molecule has 0 N–H and O–H groups in total. The molecule has 1 aliphatic heterocycles. The Balaban J connectivity index is 2.33. The zero-order valence-corrected chi connectivity index (χ0v) is 13.4. The second-order valence-corrected chi connectivity index (χ2v) is 5.79. The van der Waals surface area contributed by atoms with Gasteiger partial charge in [-0.1, -0.05) is 61.2 Å². The van der Waals surface area contributed by atoms with E-state index in [4.69, 9.17) is 0 Å². The molecule has 1 nitrogen and oxygen atoms in total. The maximum atomic E-state index is 4.32. The Kier molecular flexibility index (Phi) is 4.85. The summed E-state index contributed by atoms with van der Waals surface area (Å²) < 4.78 is 0. The number of nitrogens with zero attached hydrogens (tertiary/aromatic N) is 1. The van der Waals surface area contributed by atoms with Crippen molar-refractivity contribution in [3.05, 3.63) is 83.6 Å². The molecule has 1 heteroatoms. The van der Waals surface area contributed by atoms with E-state index in [0.29, 0.717) is 6.04 Å². The molecule has 0 amide bonds. The summed E-state index contributed by atoms with van der Waals surface area (Å²) in [6.07, 6.45) is 7.24. The zero-order valence-electron chi connectivity index (χ0n) is 13.4. The van der Waals surface area contributed by atoms with Gasteiger partial charge in [0.15, 0.2) is 0 Å². The van der Waals surface area contributed by atoms with Crippen molar-refractivity contribution in [3.63, 3.8) is 0 Å². The number of hydrogen-bond donors (Lipinski definition) is 0. The third kappa shape index (κ3) is 3.36. The summed E-state index contributed by atoms with van der Waals surface area (Å²) in [5.74, 6) is 0. The normalized spacial score (nSPS) is 18.7. The molecule has 0 saturated carbocycles. The number of hydrogen-bond acceptors (Lipinski definition) is 1. The minimum atomic E-state index is 0.335. The molecule has 1 unspecified atom stereocenters. The van der Waals surface area contributed by atoms with Gasteiger partial charge in [-0.25, -0.2) is 0 Å². The minimum Gasteiger partial charge on any atom is -0.360 e. The summed E-state index contributed by atoms with van der Waals surface area (Å²) in [5, 5.41) is 0. The van der Waals surface area contributed by atoms with Gasteiger partial charge in [0.2, 0.25) is 0 Å². The highest BCUT2D eigenvalue weighted by Crippen LogP contribution is 2.31. The summed E-state index contributed by atoms with van der Waals surface area (Å²) in [6, 6.07) is 9.02. The third-order valence-corrected chi connectivity index (χ3v) is 4.16. The molecular weight excluding hydrogens is 254 g/mol. The fourth-order valence-electron chi connectivity index (χ4n) is 2.81. The van der Waals surface area contributed by atoms with Crippen LogP contribution in [-0.2, 0) is 13.0 Å². The van der Waals surface area contributed by atoms with Gasteiger partial charge in [0.05, 0.1) is 6.04 Å². The molecule has 0 spiro atoms. The smallest absolute Gasteiger partial charge is 0.0541 e. The van der Waals surface area contributed by atoms with Crippen LogP contribution in [0.1, 0.15) is 31.9 Å². The molecule has 0 fully saturated rings. The van der Waals surface area contributed by atoms with E-state index in [1.807, 2.05) is 13.0 Å². The molecule has 1 heterocycles. The molecular formula is C20H25N. The summed E-state index contributed by atoms with van der Waals surface area (Å²) in [6.45, 7) is 15.7. The Hall–Kier alpha value is -2.02. The summed E-state index contributed by atoms with van der Waals surface area (Å²) in [7, 11) is 0. The topological polar surface area (TPSA) is 3.24 Å². The van der Waals surface area contributed by atoms with Gasteiger partial charge in [0.1, 0.15) is 0 Å². The molecule has 0 aliphatic carbocycles. The lowest BCUT2D eigenvalue weighted by atomic mass is 9.90. The first-order chi connectivity index (χ1) is 10.0. The SMILES string of the molecule is C=C(C)C1Cc2ccccc2CN1C(=C)/C(C)=C/C=C\C. The maximum Gasteiger partial charge on any atom is 0.0541 e. The summed E-state index contributed by atoms with van der Waals surface area (Å²) >= 11 is 0. The van der Waals surface area contributed by atoms with Crippen molar-refractivity contribution in [2.45, 2.75) is 39.8 Å². The molecule has 1 aromatic rings. The Morgan fingerprint density at radius 2 is 1.86 bits per heavy atom. The van der Waals surface area contributed by atoms with E-state index in [9.17, 15) is 0 Å². The van der Waals surface area contributed by atoms with Crippen LogP contribution < -0.4 is 0 Å². The Bertz CT molecular complexity index is 604. The second-order valence-electron chi connectivity index (χ2n) is 5.79. The van der Waals surface area contributed by atoms with E-state index in [-0.39, 0.29) is 0 Å². The van der Waals surface area contributed by atoms with Gasteiger partial charge in [0.25, 0.3) is 0 Å². The van der Waals surface area contributed by atoms with Gasteiger partial charge in [-0.05, 0) is 43.9 Å². The van der Waals surface area contributed by atoms with E-state index < -0.39 is 0 Å². The van der Waals surface area contributed by atoms with Crippen molar-refractivity contribution >= 4 is 0 Å². The average Bonchev–Trinajstić information content (AvgIpc) is 2.50. The average molecular weight is 279 g/mol. The van der Waals surface area contributed by atoms with E-state index in [1.54, 1.807) is 0 Å². The fourth-order valence-corrected chi connectivity index (χ4v) is 2.81. The van der Waals surface area contributed by atoms with E-state index in [2.05, 4.69) is 68.3 Å². The van der Waals surface area contributed by atoms with Gasteiger partial charge >= 0.3 is 0 Å². The lowest BCUT2D eigenvalue weighted by Crippen LogP contribution is -2.40. The zero-order chi connectivity index (χ0) is 15.4.